The van der Waals surface area contributed by atoms with Crippen molar-refractivity contribution < 1.29 is 0 Å². The highest BCUT2D eigenvalue weighted by Gasteiger charge is 2.25. The van der Waals surface area contributed by atoms with E-state index in [1.54, 1.807) is 0 Å². The molecule has 0 amide bonds. The van der Waals surface area contributed by atoms with Crippen molar-refractivity contribution in [3.8, 4) is 0 Å². The van der Waals surface area contributed by atoms with Crippen LogP contribution in [0.1, 0.15) is 52.9 Å². The van der Waals surface area contributed by atoms with Crippen LogP contribution >= 0.6 is 0 Å². The number of rotatable bonds is 1. The van der Waals surface area contributed by atoms with E-state index in [1.165, 1.54) is 32.1 Å². The standard InChI is InChI=1S/C12H25N/c1-4-11-8-9(2)6-5-7-10(3)12(11)13/h9-12H,4-8,13H2,1-3H3. The lowest BCUT2D eigenvalue weighted by Gasteiger charge is -2.33. The molecular formula is C12H25N. The van der Waals surface area contributed by atoms with Gasteiger partial charge < -0.3 is 5.73 Å². The molecule has 0 aromatic carbocycles. The van der Waals surface area contributed by atoms with Crippen molar-refractivity contribution in [1.29, 1.82) is 0 Å². The summed E-state index contributed by atoms with van der Waals surface area (Å²) in [5.74, 6) is 2.39. The Morgan fingerprint density at radius 2 is 1.92 bits per heavy atom. The minimum atomic E-state index is 0.452. The van der Waals surface area contributed by atoms with Crippen LogP contribution in [0.2, 0.25) is 0 Å². The summed E-state index contributed by atoms with van der Waals surface area (Å²) in [5.41, 5.74) is 6.26. The van der Waals surface area contributed by atoms with Crippen LogP contribution in [0, 0.1) is 17.8 Å². The van der Waals surface area contributed by atoms with E-state index >= 15 is 0 Å². The van der Waals surface area contributed by atoms with Gasteiger partial charge in [0.25, 0.3) is 0 Å². The van der Waals surface area contributed by atoms with Gasteiger partial charge in [0.2, 0.25) is 0 Å². The molecule has 4 unspecified atom stereocenters. The minimum Gasteiger partial charge on any atom is -0.327 e. The van der Waals surface area contributed by atoms with E-state index in [1.807, 2.05) is 0 Å². The van der Waals surface area contributed by atoms with Crippen molar-refractivity contribution in [2.75, 3.05) is 0 Å². The number of hydrogen-bond acceptors (Lipinski definition) is 1. The molecule has 0 aromatic heterocycles. The molecule has 1 aliphatic rings. The highest BCUT2D eigenvalue weighted by Crippen LogP contribution is 2.30. The molecule has 0 spiro atoms. The van der Waals surface area contributed by atoms with Crippen LogP contribution in [0.5, 0.6) is 0 Å². The monoisotopic (exact) mass is 183 g/mol. The Morgan fingerprint density at radius 1 is 1.23 bits per heavy atom. The van der Waals surface area contributed by atoms with E-state index < -0.39 is 0 Å². The summed E-state index contributed by atoms with van der Waals surface area (Å²) < 4.78 is 0. The summed E-state index contributed by atoms with van der Waals surface area (Å²) in [7, 11) is 0. The first kappa shape index (κ1) is 11.0. The molecule has 1 nitrogen and oxygen atoms in total. The summed E-state index contributed by atoms with van der Waals surface area (Å²) in [4.78, 5) is 0. The van der Waals surface area contributed by atoms with Gasteiger partial charge in [-0.05, 0) is 30.6 Å². The highest BCUT2D eigenvalue weighted by molar-refractivity contribution is 4.81. The highest BCUT2D eigenvalue weighted by atomic mass is 14.7. The fourth-order valence-corrected chi connectivity index (χ4v) is 2.68. The Balaban J connectivity index is 2.56. The van der Waals surface area contributed by atoms with Crippen molar-refractivity contribution in [3.05, 3.63) is 0 Å². The maximum absolute atomic E-state index is 6.26. The van der Waals surface area contributed by atoms with Gasteiger partial charge in [0, 0.05) is 6.04 Å². The molecule has 2 N–H and O–H groups in total. The second-order valence-electron chi connectivity index (χ2n) is 4.99. The SMILES string of the molecule is CCC1CC(C)CCCC(C)C1N. The molecule has 1 rings (SSSR count). The number of hydrogen-bond donors (Lipinski definition) is 1. The molecule has 1 heteroatoms. The van der Waals surface area contributed by atoms with Gasteiger partial charge in [-0.3, -0.25) is 0 Å². The van der Waals surface area contributed by atoms with Gasteiger partial charge >= 0.3 is 0 Å². The lowest BCUT2D eigenvalue weighted by atomic mass is 9.76. The second-order valence-corrected chi connectivity index (χ2v) is 4.99. The second kappa shape index (κ2) is 4.99. The fraction of sp³-hybridized carbons (Fsp3) is 1.00. The summed E-state index contributed by atoms with van der Waals surface area (Å²) in [6.07, 6.45) is 6.74. The Kier molecular flexibility index (Phi) is 4.24. The van der Waals surface area contributed by atoms with Crippen molar-refractivity contribution in [2.24, 2.45) is 23.5 Å². The predicted octanol–water partition coefficient (Wildman–Crippen LogP) is 3.19. The molecule has 1 fully saturated rings. The molecule has 4 atom stereocenters. The first-order valence-corrected chi connectivity index (χ1v) is 5.90. The molecule has 0 saturated heterocycles. The van der Waals surface area contributed by atoms with E-state index in [4.69, 9.17) is 5.73 Å². The third-order valence-electron chi connectivity index (χ3n) is 3.79. The lowest BCUT2D eigenvalue weighted by Crippen LogP contribution is -2.38. The zero-order valence-corrected chi connectivity index (χ0v) is 9.42. The zero-order chi connectivity index (χ0) is 9.84. The molecule has 13 heavy (non-hydrogen) atoms. The first-order chi connectivity index (χ1) is 6.15. The van der Waals surface area contributed by atoms with Crippen LogP contribution in [-0.2, 0) is 0 Å². The van der Waals surface area contributed by atoms with Crippen LogP contribution in [0.25, 0.3) is 0 Å². The smallest absolute Gasteiger partial charge is 0.00929 e. The molecule has 0 radical (unpaired) electrons. The van der Waals surface area contributed by atoms with Crippen LogP contribution in [0.4, 0.5) is 0 Å². The van der Waals surface area contributed by atoms with E-state index in [9.17, 15) is 0 Å². The molecule has 0 aromatic rings. The van der Waals surface area contributed by atoms with E-state index in [-0.39, 0.29) is 0 Å². The van der Waals surface area contributed by atoms with E-state index in [0.29, 0.717) is 6.04 Å². The average molecular weight is 183 g/mol. The van der Waals surface area contributed by atoms with Crippen molar-refractivity contribution >= 4 is 0 Å². The summed E-state index contributed by atoms with van der Waals surface area (Å²) >= 11 is 0. The molecule has 1 saturated carbocycles. The van der Waals surface area contributed by atoms with Crippen molar-refractivity contribution in [1.82, 2.24) is 0 Å². The van der Waals surface area contributed by atoms with Crippen LogP contribution < -0.4 is 5.73 Å². The largest absolute Gasteiger partial charge is 0.327 e. The van der Waals surface area contributed by atoms with Crippen LogP contribution in [0.3, 0.4) is 0 Å². The predicted molar refractivity (Wildman–Crippen MR) is 58.6 cm³/mol. The quantitative estimate of drug-likeness (QED) is 0.664. The van der Waals surface area contributed by atoms with Gasteiger partial charge in [-0.15, -0.1) is 0 Å². The minimum absolute atomic E-state index is 0.452. The van der Waals surface area contributed by atoms with E-state index in [0.717, 1.165) is 17.8 Å². The third-order valence-corrected chi connectivity index (χ3v) is 3.79. The van der Waals surface area contributed by atoms with Gasteiger partial charge in [-0.2, -0.15) is 0 Å². The van der Waals surface area contributed by atoms with Crippen LogP contribution in [-0.4, -0.2) is 6.04 Å². The van der Waals surface area contributed by atoms with Crippen LogP contribution in [0.15, 0.2) is 0 Å². The van der Waals surface area contributed by atoms with Gasteiger partial charge in [0.05, 0.1) is 0 Å². The van der Waals surface area contributed by atoms with E-state index in [2.05, 4.69) is 20.8 Å². The molecule has 1 aliphatic carbocycles. The summed E-state index contributed by atoms with van der Waals surface area (Å²) in [6.45, 7) is 6.99. The van der Waals surface area contributed by atoms with Gasteiger partial charge in [-0.1, -0.05) is 40.0 Å². The van der Waals surface area contributed by atoms with Gasteiger partial charge in [-0.25, -0.2) is 0 Å². The maximum Gasteiger partial charge on any atom is 0.00929 e. The van der Waals surface area contributed by atoms with Gasteiger partial charge in [0.1, 0.15) is 0 Å². The Labute approximate surface area is 83.1 Å². The lowest BCUT2D eigenvalue weighted by molar-refractivity contribution is 0.222. The Bertz CT molecular complexity index is 144. The normalized spacial score (nSPS) is 42.5. The fourth-order valence-electron chi connectivity index (χ4n) is 2.68. The molecule has 0 heterocycles. The number of nitrogens with two attached hydrogens (primary N) is 1. The van der Waals surface area contributed by atoms with Crippen molar-refractivity contribution in [3.63, 3.8) is 0 Å². The zero-order valence-electron chi connectivity index (χ0n) is 9.42. The Morgan fingerprint density at radius 3 is 2.54 bits per heavy atom. The van der Waals surface area contributed by atoms with Gasteiger partial charge in [0.15, 0.2) is 0 Å². The summed E-state index contributed by atoms with van der Waals surface area (Å²) in [5, 5.41) is 0. The Hall–Kier alpha value is -0.0400. The third kappa shape index (κ3) is 2.98. The molecule has 0 bridgehead atoms. The molecule has 78 valence electrons. The molecule has 0 aliphatic heterocycles. The molecular weight excluding hydrogens is 158 g/mol. The maximum atomic E-state index is 6.26. The average Bonchev–Trinajstić information content (AvgIpc) is 2.11. The van der Waals surface area contributed by atoms with Crippen molar-refractivity contribution in [2.45, 2.75) is 58.9 Å². The topological polar surface area (TPSA) is 26.0 Å². The first-order valence-electron chi connectivity index (χ1n) is 5.90. The summed E-state index contributed by atoms with van der Waals surface area (Å²) in [6, 6.07) is 0.452.